The number of Topliss-reactive ketones (excluding diaryl/α,β-unsaturated/α-hetero) is 1. The van der Waals surface area contributed by atoms with E-state index in [1.165, 1.54) is 6.92 Å². The number of nitrogens with one attached hydrogen (secondary N) is 2. The van der Waals surface area contributed by atoms with Crippen molar-refractivity contribution >= 4 is 29.2 Å². The van der Waals surface area contributed by atoms with Crippen LogP contribution in [0.15, 0.2) is 53.7 Å². The van der Waals surface area contributed by atoms with Crippen LogP contribution in [0.1, 0.15) is 92.1 Å². The first-order valence-corrected chi connectivity index (χ1v) is 13.7. The molecule has 0 saturated heterocycles. The molecule has 0 radical (unpaired) electrons. The highest BCUT2D eigenvalue weighted by Crippen LogP contribution is 2.13. The topological polar surface area (TPSA) is 140 Å². The third-order valence-corrected chi connectivity index (χ3v) is 6.47. The predicted octanol–water partition coefficient (Wildman–Crippen LogP) is 4.38. The number of hydrogen-bond donors (Lipinski definition) is 3. The van der Waals surface area contributed by atoms with Crippen LogP contribution >= 0.6 is 0 Å². The number of nitrogens with two attached hydrogens (primary N) is 1. The molecular formula is C31H42N4O5. The molecule has 0 saturated carbocycles. The molecule has 2 aromatic rings. The second-order valence-corrected chi connectivity index (χ2v) is 10.5. The van der Waals surface area contributed by atoms with E-state index >= 15 is 0 Å². The van der Waals surface area contributed by atoms with E-state index in [9.17, 15) is 19.2 Å². The van der Waals surface area contributed by atoms with Gasteiger partial charge in [-0.3, -0.25) is 19.2 Å². The van der Waals surface area contributed by atoms with Crippen molar-refractivity contribution in [1.29, 1.82) is 0 Å². The van der Waals surface area contributed by atoms with Crippen molar-refractivity contribution in [3.63, 3.8) is 0 Å². The molecule has 9 heteroatoms. The molecule has 2 rings (SSSR count). The summed E-state index contributed by atoms with van der Waals surface area (Å²) in [5.41, 5.74) is 8.94. The van der Waals surface area contributed by atoms with Crippen molar-refractivity contribution in [2.75, 3.05) is 6.54 Å². The second kappa shape index (κ2) is 16.2. The molecule has 0 aliphatic carbocycles. The maximum Gasteiger partial charge on any atom is 0.251 e. The summed E-state index contributed by atoms with van der Waals surface area (Å²) in [6.45, 7) is 9.89. The van der Waals surface area contributed by atoms with Crippen molar-refractivity contribution in [3.05, 3.63) is 70.8 Å². The number of unbranched alkanes of at least 4 members (excludes halogenated alkanes) is 1. The Labute approximate surface area is 236 Å². The number of rotatable bonds is 16. The molecule has 0 aliphatic heterocycles. The summed E-state index contributed by atoms with van der Waals surface area (Å²) < 4.78 is 0. The summed E-state index contributed by atoms with van der Waals surface area (Å²) in [6.07, 6.45) is 2.41. The molecule has 0 aliphatic rings. The van der Waals surface area contributed by atoms with E-state index in [-0.39, 0.29) is 30.1 Å². The van der Waals surface area contributed by atoms with Crippen LogP contribution in [0.2, 0.25) is 0 Å². The van der Waals surface area contributed by atoms with Crippen molar-refractivity contribution in [3.8, 4) is 0 Å². The van der Waals surface area contributed by atoms with Gasteiger partial charge in [0, 0.05) is 23.6 Å². The van der Waals surface area contributed by atoms with Crippen LogP contribution in [-0.2, 0) is 21.0 Å². The number of hydrogen-bond acceptors (Lipinski definition) is 6. The van der Waals surface area contributed by atoms with Crippen LogP contribution in [0.5, 0.6) is 0 Å². The minimum Gasteiger partial charge on any atom is -0.391 e. The molecule has 0 aromatic heterocycles. The normalized spacial score (nSPS) is 12.9. The molecule has 2 atom stereocenters. The van der Waals surface area contributed by atoms with Gasteiger partial charge < -0.3 is 21.2 Å². The van der Waals surface area contributed by atoms with Crippen LogP contribution in [0, 0.1) is 11.8 Å². The Morgan fingerprint density at radius 1 is 0.925 bits per heavy atom. The second-order valence-electron chi connectivity index (χ2n) is 10.5. The zero-order valence-corrected chi connectivity index (χ0v) is 24.2. The van der Waals surface area contributed by atoms with Crippen molar-refractivity contribution in [1.82, 2.24) is 10.6 Å². The number of carbonyl (C=O) groups excluding carboxylic acids is 4. The van der Waals surface area contributed by atoms with E-state index in [1.807, 2.05) is 45.9 Å². The maximum absolute atomic E-state index is 12.6. The van der Waals surface area contributed by atoms with Crippen LogP contribution < -0.4 is 16.4 Å². The van der Waals surface area contributed by atoms with Crippen molar-refractivity contribution in [2.45, 2.75) is 73.0 Å². The Balaban J connectivity index is 1.78. The van der Waals surface area contributed by atoms with Gasteiger partial charge in [0.25, 0.3) is 5.91 Å². The molecule has 40 heavy (non-hydrogen) atoms. The quantitative estimate of drug-likeness (QED) is 0.123. The molecule has 0 unspecified atom stereocenters. The molecule has 0 heterocycles. The Bertz CT molecular complexity index is 1190. The zero-order valence-electron chi connectivity index (χ0n) is 24.2. The lowest BCUT2D eigenvalue weighted by Crippen LogP contribution is -2.46. The minimum absolute atomic E-state index is 0.00520. The van der Waals surface area contributed by atoms with Gasteiger partial charge >= 0.3 is 0 Å². The first-order valence-electron chi connectivity index (χ1n) is 13.7. The van der Waals surface area contributed by atoms with Crippen LogP contribution in [0.25, 0.3) is 0 Å². The Morgan fingerprint density at radius 2 is 1.60 bits per heavy atom. The van der Waals surface area contributed by atoms with Gasteiger partial charge in [0.2, 0.25) is 11.8 Å². The van der Waals surface area contributed by atoms with Gasteiger partial charge in [0.05, 0.1) is 5.71 Å². The monoisotopic (exact) mass is 550 g/mol. The largest absolute Gasteiger partial charge is 0.391 e. The number of nitrogens with zero attached hydrogens (tertiary/aromatic N) is 1. The van der Waals surface area contributed by atoms with Crippen LogP contribution in [0.3, 0.4) is 0 Å². The highest BCUT2D eigenvalue weighted by molar-refractivity contribution is 6.00. The summed E-state index contributed by atoms with van der Waals surface area (Å²) in [4.78, 5) is 53.7. The third kappa shape index (κ3) is 11.0. The molecule has 0 spiro atoms. The number of benzene rings is 2. The van der Waals surface area contributed by atoms with Gasteiger partial charge in [-0.1, -0.05) is 62.3 Å². The minimum atomic E-state index is -0.722. The van der Waals surface area contributed by atoms with E-state index in [0.29, 0.717) is 48.6 Å². The summed E-state index contributed by atoms with van der Waals surface area (Å²) in [7, 11) is 0. The third-order valence-electron chi connectivity index (χ3n) is 6.47. The molecule has 0 fully saturated rings. The molecule has 0 bridgehead atoms. The first kappa shape index (κ1) is 32.2. The fourth-order valence-corrected chi connectivity index (χ4v) is 4.20. The average Bonchev–Trinajstić information content (AvgIpc) is 2.91. The number of ketones is 1. The van der Waals surface area contributed by atoms with Gasteiger partial charge in [-0.25, -0.2) is 0 Å². The van der Waals surface area contributed by atoms with E-state index < -0.39 is 11.9 Å². The SMILES string of the molecule is CC(=O)c1ccc(/C(C)=N\OCc2cccc(C(=O)NCCCC[C@H](NC(=O)[C@@H](C)CC(C)C)C(N)=O)c2)cc1. The highest BCUT2D eigenvalue weighted by atomic mass is 16.6. The van der Waals surface area contributed by atoms with Gasteiger partial charge in [0.1, 0.15) is 12.6 Å². The molecular weight excluding hydrogens is 508 g/mol. The summed E-state index contributed by atoms with van der Waals surface area (Å²) in [5.74, 6) is -0.743. The maximum atomic E-state index is 12.6. The molecule has 4 N–H and O–H groups in total. The summed E-state index contributed by atoms with van der Waals surface area (Å²) in [6, 6.07) is 13.5. The van der Waals surface area contributed by atoms with Gasteiger partial charge in [0.15, 0.2) is 5.78 Å². The molecule has 2 aromatic carbocycles. The van der Waals surface area contributed by atoms with E-state index in [4.69, 9.17) is 10.6 Å². The first-order chi connectivity index (χ1) is 19.0. The van der Waals surface area contributed by atoms with Crippen LogP contribution in [0.4, 0.5) is 0 Å². The average molecular weight is 551 g/mol. The van der Waals surface area contributed by atoms with Crippen molar-refractivity contribution in [2.24, 2.45) is 22.7 Å². The van der Waals surface area contributed by atoms with Gasteiger partial charge in [-0.15, -0.1) is 0 Å². The molecule has 3 amide bonds. The lowest BCUT2D eigenvalue weighted by atomic mass is 9.97. The smallest absolute Gasteiger partial charge is 0.251 e. The lowest BCUT2D eigenvalue weighted by molar-refractivity contribution is -0.130. The number of amides is 3. The number of oxime groups is 1. The summed E-state index contributed by atoms with van der Waals surface area (Å²) >= 11 is 0. The van der Waals surface area contributed by atoms with Crippen molar-refractivity contribution < 1.29 is 24.0 Å². The standard InChI is InChI=1S/C31H42N4O5/c1-20(2)17-21(3)30(38)34-28(29(32)37)11-6-7-16-33-31(39)27-10-8-9-24(18-27)19-40-35-22(4)25-12-14-26(15-13-25)23(5)36/h8-10,12-15,18,20-21,28H,6-7,11,16-17,19H2,1-5H3,(H2,32,37)(H,33,39)(H,34,38)/b35-22-/t21-,28-/m0/s1. The zero-order chi connectivity index (χ0) is 29.7. The molecule has 216 valence electrons. The van der Waals surface area contributed by atoms with Gasteiger partial charge in [-0.2, -0.15) is 0 Å². The Kier molecular flexibility index (Phi) is 13.0. The Hall–Kier alpha value is -4.01. The fraction of sp³-hybridized carbons (Fsp3) is 0.452. The van der Waals surface area contributed by atoms with Gasteiger partial charge in [-0.05, 0) is 68.7 Å². The summed E-state index contributed by atoms with van der Waals surface area (Å²) in [5, 5.41) is 9.79. The lowest BCUT2D eigenvalue weighted by Gasteiger charge is -2.19. The number of primary amides is 1. The predicted molar refractivity (Wildman–Crippen MR) is 156 cm³/mol. The Morgan fingerprint density at radius 3 is 2.23 bits per heavy atom. The van der Waals surface area contributed by atoms with E-state index in [0.717, 1.165) is 17.5 Å². The van der Waals surface area contributed by atoms with Crippen LogP contribution in [-0.4, -0.2) is 41.8 Å². The fourth-order valence-electron chi connectivity index (χ4n) is 4.20. The van der Waals surface area contributed by atoms with E-state index in [1.54, 1.807) is 30.3 Å². The molecule has 9 nitrogen and oxygen atoms in total. The van der Waals surface area contributed by atoms with E-state index in [2.05, 4.69) is 15.8 Å². The number of carbonyl (C=O) groups is 4. The highest BCUT2D eigenvalue weighted by Gasteiger charge is 2.21.